The van der Waals surface area contributed by atoms with Crippen LogP contribution in [0.3, 0.4) is 0 Å². The maximum Gasteiger partial charge on any atom is 0.211 e. The predicted octanol–water partition coefficient (Wildman–Crippen LogP) is 2.67. The Bertz CT molecular complexity index is 237. The molecule has 92 valence electrons. The van der Waals surface area contributed by atoms with Gasteiger partial charge in [-0.05, 0) is 19.3 Å². The Kier molecular flexibility index (Phi) is 8.06. The fourth-order valence-corrected chi connectivity index (χ4v) is 3.04. The molecule has 0 aromatic heterocycles. The van der Waals surface area contributed by atoms with Gasteiger partial charge in [-0.2, -0.15) is 0 Å². The standard InChI is InChI=1S/C11H25NO2S/c1-4-7-9-11(8-5-2)12-15(13,14)10-6-3/h11-12H,4-10H2,1-3H3. The van der Waals surface area contributed by atoms with Gasteiger partial charge in [-0.1, -0.05) is 40.0 Å². The van der Waals surface area contributed by atoms with Crippen molar-refractivity contribution < 1.29 is 8.42 Å². The van der Waals surface area contributed by atoms with Gasteiger partial charge in [0.1, 0.15) is 0 Å². The van der Waals surface area contributed by atoms with Gasteiger partial charge in [-0.3, -0.25) is 0 Å². The molecule has 0 saturated carbocycles. The highest BCUT2D eigenvalue weighted by molar-refractivity contribution is 7.89. The number of rotatable bonds is 9. The molecule has 0 spiro atoms. The average molecular weight is 235 g/mol. The molecule has 0 aliphatic rings. The Morgan fingerprint density at radius 2 is 1.67 bits per heavy atom. The molecule has 0 rings (SSSR count). The van der Waals surface area contributed by atoms with Gasteiger partial charge in [0.05, 0.1) is 5.75 Å². The maximum absolute atomic E-state index is 11.6. The Hall–Kier alpha value is -0.0900. The van der Waals surface area contributed by atoms with Crippen LogP contribution >= 0.6 is 0 Å². The summed E-state index contributed by atoms with van der Waals surface area (Å²) in [5, 5.41) is 0. The Balaban J connectivity index is 4.13. The molecule has 4 heteroatoms. The second-order valence-electron chi connectivity index (χ2n) is 4.06. The molecule has 1 unspecified atom stereocenters. The van der Waals surface area contributed by atoms with E-state index in [-0.39, 0.29) is 11.8 Å². The van der Waals surface area contributed by atoms with Crippen molar-refractivity contribution in [1.29, 1.82) is 0 Å². The minimum atomic E-state index is -3.03. The zero-order valence-electron chi connectivity index (χ0n) is 10.3. The monoisotopic (exact) mass is 235 g/mol. The van der Waals surface area contributed by atoms with Crippen molar-refractivity contribution in [2.45, 2.75) is 65.3 Å². The topological polar surface area (TPSA) is 46.2 Å². The normalized spacial score (nSPS) is 14.1. The maximum atomic E-state index is 11.6. The molecule has 0 aliphatic carbocycles. The summed E-state index contributed by atoms with van der Waals surface area (Å²) in [6.07, 6.45) is 5.84. The summed E-state index contributed by atoms with van der Waals surface area (Å²) in [6.45, 7) is 6.11. The van der Waals surface area contributed by atoms with Crippen LogP contribution in [0.15, 0.2) is 0 Å². The first kappa shape index (κ1) is 14.9. The lowest BCUT2D eigenvalue weighted by Crippen LogP contribution is -2.36. The third-order valence-electron chi connectivity index (χ3n) is 2.36. The molecule has 0 amide bonds. The van der Waals surface area contributed by atoms with Crippen molar-refractivity contribution >= 4 is 10.0 Å². The highest BCUT2D eigenvalue weighted by atomic mass is 32.2. The van der Waals surface area contributed by atoms with E-state index in [1.807, 2.05) is 6.92 Å². The van der Waals surface area contributed by atoms with Crippen molar-refractivity contribution in [2.24, 2.45) is 0 Å². The van der Waals surface area contributed by atoms with Crippen LogP contribution in [0.2, 0.25) is 0 Å². The highest BCUT2D eigenvalue weighted by Gasteiger charge is 2.15. The number of sulfonamides is 1. The first-order chi connectivity index (χ1) is 7.05. The van der Waals surface area contributed by atoms with E-state index < -0.39 is 10.0 Å². The number of nitrogens with one attached hydrogen (secondary N) is 1. The van der Waals surface area contributed by atoms with Crippen molar-refractivity contribution in [3.8, 4) is 0 Å². The smallest absolute Gasteiger partial charge is 0.211 e. The van der Waals surface area contributed by atoms with Crippen LogP contribution in [0.25, 0.3) is 0 Å². The van der Waals surface area contributed by atoms with E-state index in [1.165, 1.54) is 0 Å². The number of unbranched alkanes of at least 4 members (excludes halogenated alkanes) is 1. The molecule has 1 atom stereocenters. The van der Waals surface area contributed by atoms with Crippen LogP contribution in [0.1, 0.15) is 59.3 Å². The zero-order chi connectivity index (χ0) is 11.7. The molecule has 0 aromatic carbocycles. The molecule has 0 aliphatic heterocycles. The quantitative estimate of drug-likeness (QED) is 0.668. The second kappa shape index (κ2) is 8.11. The van der Waals surface area contributed by atoms with E-state index in [9.17, 15) is 8.42 Å². The molecule has 15 heavy (non-hydrogen) atoms. The fourth-order valence-electron chi connectivity index (χ4n) is 1.64. The van der Waals surface area contributed by atoms with Crippen LogP contribution in [-0.4, -0.2) is 20.2 Å². The van der Waals surface area contributed by atoms with Crippen molar-refractivity contribution in [1.82, 2.24) is 4.72 Å². The lowest BCUT2D eigenvalue weighted by molar-refractivity contribution is 0.483. The summed E-state index contributed by atoms with van der Waals surface area (Å²) >= 11 is 0. The molecule has 3 nitrogen and oxygen atoms in total. The fraction of sp³-hybridized carbons (Fsp3) is 1.00. The molecule has 0 bridgehead atoms. The lowest BCUT2D eigenvalue weighted by Gasteiger charge is -2.17. The van der Waals surface area contributed by atoms with Crippen LogP contribution < -0.4 is 4.72 Å². The second-order valence-corrected chi connectivity index (χ2v) is 5.94. The lowest BCUT2D eigenvalue weighted by atomic mass is 10.1. The van der Waals surface area contributed by atoms with Gasteiger partial charge in [-0.15, -0.1) is 0 Å². The Morgan fingerprint density at radius 1 is 1.00 bits per heavy atom. The van der Waals surface area contributed by atoms with E-state index in [0.717, 1.165) is 32.1 Å². The summed E-state index contributed by atoms with van der Waals surface area (Å²) in [6, 6.07) is 0.145. The van der Waals surface area contributed by atoms with Crippen LogP contribution in [0.4, 0.5) is 0 Å². The van der Waals surface area contributed by atoms with Crippen molar-refractivity contribution in [2.75, 3.05) is 5.75 Å². The minimum absolute atomic E-state index is 0.145. The summed E-state index contributed by atoms with van der Waals surface area (Å²) < 4.78 is 25.9. The van der Waals surface area contributed by atoms with Crippen LogP contribution in [0, 0.1) is 0 Å². The Labute approximate surface area is 94.7 Å². The van der Waals surface area contributed by atoms with Crippen molar-refractivity contribution in [3.63, 3.8) is 0 Å². The van der Waals surface area contributed by atoms with E-state index in [4.69, 9.17) is 0 Å². The van der Waals surface area contributed by atoms with Crippen LogP contribution in [-0.2, 0) is 10.0 Å². The molecule has 0 radical (unpaired) electrons. The molecular formula is C11H25NO2S. The predicted molar refractivity (Wildman–Crippen MR) is 65.4 cm³/mol. The first-order valence-electron chi connectivity index (χ1n) is 6.05. The third kappa shape index (κ3) is 7.79. The van der Waals surface area contributed by atoms with Gasteiger partial charge < -0.3 is 0 Å². The highest BCUT2D eigenvalue weighted by Crippen LogP contribution is 2.08. The van der Waals surface area contributed by atoms with E-state index in [1.54, 1.807) is 0 Å². The SMILES string of the molecule is CCCCC(CCC)NS(=O)(=O)CCC. The first-order valence-corrected chi connectivity index (χ1v) is 7.70. The van der Waals surface area contributed by atoms with Crippen LogP contribution in [0.5, 0.6) is 0 Å². The van der Waals surface area contributed by atoms with Gasteiger partial charge in [-0.25, -0.2) is 13.1 Å². The average Bonchev–Trinajstić information content (AvgIpc) is 2.14. The van der Waals surface area contributed by atoms with Gasteiger partial charge in [0.25, 0.3) is 0 Å². The summed E-state index contributed by atoms with van der Waals surface area (Å²) in [7, 11) is -3.03. The van der Waals surface area contributed by atoms with E-state index >= 15 is 0 Å². The van der Waals surface area contributed by atoms with Gasteiger partial charge >= 0.3 is 0 Å². The van der Waals surface area contributed by atoms with Gasteiger partial charge in [0, 0.05) is 6.04 Å². The third-order valence-corrected chi connectivity index (χ3v) is 4.00. The molecule has 0 heterocycles. The summed E-state index contributed by atoms with van der Waals surface area (Å²) in [4.78, 5) is 0. The summed E-state index contributed by atoms with van der Waals surface area (Å²) in [5.41, 5.74) is 0. The minimum Gasteiger partial charge on any atom is -0.212 e. The number of hydrogen-bond donors (Lipinski definition) is 1. The zero-order valence-corrected chi connectivity index (χ0v) is 11.1. The van der Waals surface area contributed by atoms with Crippen molar-refractivity contribution in [3.05, 3.63) is 0 Å². The molecule has 0 aromatic rings. The van der Waals surface area contributed by atoms with Gasteiger partial charge in [0.2, 0.25) is 10.0 Å². The molecular weight excluding hydrogens is 210 g/mol. The Morgan fingerprint density at radius 3 is 2.13 bits per heavy atom. The number of hydrogen-bond acceptors (Lipinski definition) is 2. The van der Waals surface area contributed by atoms with E-state index in [0.29, 0.717) is 6.42 Å². The molecule has 1 N–H and O–H groups in total. The largest absolute Gasteiger partial charge is 0.212 e. The van der Waals surface area contributed by atoms with Gasteiger partial charge in [0.15, 0.2) is 0 Å². The van der Waals surface area contributed by atoms with E-state index in [2.05, 4.69) is 18.6 Å². The summed E-state index contributed by atoms with van der Waals surface area (Å²) in [5.74, 6) is 0.249. The molecule has 0 saturated heterocycles. The molecule has 0 fully saturated rings.